The van der Waals surface area contributed by atoms with Crippen LogP contribution in [0.3, 0.4) is 0 Å². The van der Waals surface area contributed by atoms with Crippen molar-refractivity contribution in [1.29, 1.82) is 0 Å². The van der Waals surface area contributed by atoms with E-state index in [1.54, 1.807) is 0 Å². The summed E-state index contributed by atoms with van der Waals surface area (Å²) in [6.45, 7) is 2.03. The van der Waals surface area contributed by atoms with E-state index in [0.717, 1.165) is 5.92 Å². The van der Waals surface area contributed by atoms with Gasteiger partial charge in [0.1, 0.15) is 0 Å². The molecule has 2 bridgehead atoms. The average molecular weight is 146 g/mol. The van der Waals surface area contributed by atoms with Crippen molar-refractivity contribution in [3.05, 3.63) is 30.0 Å². The molecule has 2 unspecified atom stereocenters. The molecule has 0 heterocycles. The molecule has 2 aliphatic rings. The van der Waals surface area contributed by atoms with Crippen molar-refractivity contribution in [2.45, 2.75) is 26.2 Å². The first-order valence-corrected chi connectivity index (χ1v) is 4.42. The van der Waals surface area contributed by atoms with Gasteiger partial charge < -0.3 is 0 Å². The van der Waals surface area contributed by atoms with E-state index < -0.39 is 0 Å². The molecule has 0 saturated heterocycles. The molecule has 1 fully saturated rings. The molecule has 1 saturated carbocycles. The fraction of sp³-hybridized carbons (Fsp3) is 0.545. The van der Waals surface area contributed by atoms with Gasteiger partial charge in [-0.3, -0.25) is 0 Å². The normalized spacial score (nSPS) is 38.8. The van der Waals surface area contributed by atoms with Gasteiger partial charge in [0.25, 0.3) is 0 Å². The third-order valence-electron chi connectivity index (χ3n) is 2.86. The van der Waals surface area contributed by atoms with Gasteiger partial charge in [-0.15, -0.1) is 5.73 Å². The minimum atomic E-state index is 0.414. The molecule has 0 spiro atoms. The summed E-state index contributed by atoms with van der Waals surface area (Å²) >= 11 is 0. The van der Waals surface area contributed by atoms with Crippen molar-refractivity contribution in [3.8, 4) is 0 Å². The SMILES string of the molecule is CC=C=CC12C=CC(CC1)C2. The maximum atomic E-state index is 3.21. The minimum Gasteiger partial charge on any atom is -0.129 e. The van der Waals surface area contributed by atoms with Crippen LogP contribution in [0.4, 0.5) is 0 Å². The monoisotopic (exact) mass is 146 g/mol. The Hall–Kier alpha value is -0.740. The fourth-order valence-corrected chi connectivity index (χ4v) is 2.22. The van der Waals surface area contributed by atoms with Gasteiger partial charge in [-0.1, -0.05) is 12.2 Å². The first-order chi connectivity index (χ1) is 5.35. The zero-order valence-corrected chi connectivity index (χ0v) is 7.01. The van der Waals surface area contributed by atoms with E-state index in [-0.39, 0.29) is 0 Å². The molecule has 0 nitrogen and oxygen atoms in total. The van der Waals surface area contributed by atoms with Gasteiger partial charge in [-0.2, -0.15) is 0 Å². The summed E-state index contributed by atoms with van der Waals surface area (Å²) in [6.07, 6.45) is 13.1. The molecule has 0 aliphatic heterocycles. The van der Waals surface area contributed by atoms with Crippen LogP contribution in [0.2, 0.25) is 0 Å². The second-order valence-electron chi connectivity index (χ2n) is 3.69. The third kappa shape index (κ3) is 1.08. The van der Waals surface area contributed by atoms with Crippen molar-refractivity contribution < 1.29 is 0 Å². The average Bonchev–Trinajstić information content (AvgIpc) is 2.60. The maximum Gasteiger partial charge on any atom is 0.0142 e. The minimum absolute atomic E-state index is 0.414. The van der Waals surface area contributed by atoms with Gasteiger partial charge in [-0.25, -0.2) is 0 Å². The lowest BCUT2D eigenvalue weighted by Crippen LogP contribution is -2.05. The third-order valence-corrected chi connectivity index (χ3v) is 2.86. The van der Waals surface area contributed by atoms with Gasteiger partial charge in [0.2, 0.25) is 0 Å². The highest BCUT2D eigenvalue weighted by molar-refractivity contribution is 5.22. The Morgan fingerprint density at radius 1 is 1.64 bits per heavy atom. The van der Waals surface area contributed by atoms with Crippen LogP contribution in [0.1, 0.15) is 26.2 Å². The lowest BCUT2D eigenvalue weighted by atomic mass is 9.88. The van der Waals surface area contributed by atoms with Crippen molar-refractivity contribution in [2.24, 2.45) is 11.3 Å². The Morgan fingerprint density at radius 3 is 3.00 bits per heavy atom. The Morgan fingerprint density at radius 2 is 2.55 bits per heavy atom. The largest absolute Gasteiger partial charge is 0.129 e. The molecule has 58 valence electrons. The van der Waals surface area contributed by atoms with Crippen LogP contribution in [0, 0.1) is 11.3 Å². The number of hydrogen-bond donors (Lipinski definition) is 0. The Labute approximate surface area is 68.3 Å². The van der Waals surface area contributed by atoms with Crippen LogP contribution in [0.25, 0.3) is 0 Å². The van der Waals surface area contributed by atoms with Crippen LogP contribution in [-0.4, -0.2) is 0 Å². The molecular formula is C11H14. The smallest absolute Gasteiger partial charge is 0.0142 e. The van der Waals surface area contributed by atoms with Crippen LogP contribution in [-0.2, 0) is 0 Å². The van der Waals surface area contributed by atoms with Crippen molar-refractivity contribution in [3.63, 3.8) is 0 Å². The molecule has 0 heteroatoms. The maximum absolute atomic E-state index is 3.21. The summed E-state index contributed by atoms with van der Waals surface area (Å²) < 4.78 is 0. The summed E-state index contributed by atoms with van der Waals surface area (Å²) in [5.74, 6) is 0.880. The summed E-state index contributed by atoms with van der Waals surface area (Å²) in [5.41, 5.74) is 3.62. The van der Waals surface area contributed by atoms with E-state index in [4.69, 9.17) is 0 Å². The fourth-order valence-electron chi connectivity index (χ4n) is 2.22. The summed E-state index contributed by atoms with van der Waals surface area (Å²) in [4.78, 5) is 0. The predicted molar refractivity (Wildman–Crippen MR) is 47.2 cm³/mol. The number of fused-ring (bicyclic) bond motifs is 2. The molecule has 11 heavy (non-hydrogen) atoms. The molecule has 0 aromatic heterocycles. The zero-order chi connectivity index (χ0) is 7.73. The Balaban J connectivity index is 2.24. The van der Waals surface area contributed by atoms with E-state index in [9.17, 15) is 0 Å². The molecular weight excluding hydrogens is 132 g/mol. The summed E-state index contributed by atoms with van der Waals surface area (Å²) in [7, 11) is 0. The van der Waals surface area contributed by atoms with Gasteiger partial charge >= 0.3 is 0 Å². The highest BCUT2D eigenvalue weighted by Gasteiger charge is 2.38. The lowest BCUT2D eigenvalue weighted by molar-refractivity contribution is 0.524. The van der Waals surface area contributed by atoms with Crippen molar-refractivity contribution in [2.75, 3.05) is 0 Å². The van der Waals surface area contributed by atoms with Gasteiger partial charge in [0, 0.05) is 5.41 Å². The molecule has 0 N–H and O–H groups in total. The van der Waals surface area contributed by atoms with Gasteiger partial charge in [-0.05, 0) is 44.3 Å². The molecule has 0 amide bonds. The molecule has 2 atom stereocenters. The van der Waals surface area contributed by atoms with E-state index in [2.05, 4.69) is 24.0 Å². The van der Waals surface area contributed by atoms with E-state index >= 15 is 0 Å². The summed E-state index contributed by atoms with van der Waals surface area (Å²) in [5, 5.41) is 0. The van der Waals surface area contributed by atoms with Crippen molar-refractivity contribution >= 4 is 0 Å². The number of allylic oxidation sites excluding steroid dienone is 3. The zero-order valence-electron chi connectivity index (χ0n) is 7.01. The highest BCUT2D eigenvalue weighted by Crippen LogP contribution is 2.49. The van der Waals surface area contributed by atoms with E-state index in [1.807, 2.05) is 13.0 Å². The van der Waals surface area contributed by atoms with E-state index in [0.29, 0.717) is 5.41 Å². The number of rotatable bonds is 1. The Kier molecular flexibility index (Phi) is 1.51. The molecule has 0 aromatic carbocycles. The quantitative estimate of drug-likeness (QED) is 0.394. The predicted octanol–water partition coefficient (Wildman–Crippen LogP) is 3.07. The first kappa shape index (κ1) is 6.94. The second-order valence-corrected chi connectivity index (χ2v) is 3.69. The lowest BCUT2D eigenvalue weighted by Gasteiger charge is -2.15. The highest BCUT2D eigenvalue weighted by atomic mass is 14.4. The first-order valence-electron chi connectivity index (χ1n) is 4.42. The molecule has 2 rings (SSSR count). The topological polar surface area (TPSA) is 0 Å². The molecule has 0 aromatic rings. The van der Waals surface area contributed by atoms with Gasteiger partial charge in [0.05, 0.1) is 0 Å². The molecule has 2 aliphatic carbocycles. The van der Waals surface area contributed by atoms with Crippen molar-refractivity contribution in [1.82, 2.24) is 0 Å². The number of hydrogen-bond acceptors (Lipinski definition) is 0. The van der Waals surface area contributed by atoms with Crippen LogP contribution < -0.4 is 0 Å². The Bertz CT molecular complexity index is 241. The van der Waals surface area contributed by atoms with Crippen LogP contribution in [0.15, 0.2) is 30.0 Å². The van der Waals surface area contributed by atoms with E-state index in [1.165, 1.54) is 19.3 Å². The van der Waals surface area contributed by atoms with Gasteiger partial charge in [0.15, 0.2) is 0 Å². The molecule has 0 radical (unpaired) electrons. The second kappa shape index (κ2) is 2.39. The standard InChI is InChI=1S/C11H14/c1-2-3-6-11-7-4-10(9-11)5-8-11/h2,4,6-7,10H,5,8-9H2,1H3. The van der Waals surface area contributed by atoms with Crippen LogP contribution >= 0.6 is 0 Å². The summed E-state index contributed by atoms with van der Waals surface area (Å²) in [6, 6.07) is 0. The van der Waals surface area contributed by atoms with Crippen LogP contribution in [0.5, 0.6) is 0 Å².